The summed E-state index contributed by atoms with van der Waals surface area (Å²) in [6.45, 7) is 3.11. The third kappa shape index (κ3) is 3.45. The number of nitroso groups, excluding NO2 is 1. The third-order valence-electron chi connectivity index (χ3n) is 0.596. The van der Waals surface area contributed by atoms with Crippen LogP contribution in [0, 0.1) is 4.91 Å². The van der Waals surface area contributed by atoms with Gasteiger partial charge in [-0.3, -0.25) is 0 Å². The summed E-state index contributed by atoms with van der Waals surface area (Å²) in [5.41, 5.74) is 0. The lowest BCUT2D eigenvalue weighted by Crippen LogP contribution is -2.19. The van der Waals surface area contributed by atoms with Crippen LogP contribution in [0.5, 0.6) is 0 Å². The Hall–Kier alpha value is -1.13. The zero-order valence-electron chi connectivity index (χ0n) is 5.33. The van der Waals surface area contributed by atoms with Gasteiger partial charge in [0, 0.05) is 6.92 Å². The summed E-state index contributed by atoms with van der Waals surface area (Å²) in [5, 5.41) is 3.06. The zero-order valence-corrected chi connectivity index (χ0v) is 5.33. The van der Waals surface area contributed by atoms with Crippen molar-refractivity contribution >= 4 is 5.97 Å². The van der Waals surface area contributed by atoms with E-state index in [1.807, 2.05) is 0 Å². The first kappa shape index (κ1) is 7.87. The highest BCUT2D eigenvalue weighted by molar-refractivity contribution is 5.65. The van der Waals surface area contributed by atoms with Crippen LogP contribution in [-0.2, 0) is 9.63 Å². The normalized spacial score (nSPS) is 8.22. The molecule has 0 radical (unpaired) electrons. The Balaban J connectivity index is 3.55. The topological polar surface area (TPSA) is 59.0 Å². The molecule has 0 bridgehead atoms. The molecule has 0 aromatic rings. The quantitative estimate of drug-likeness (QED) is 0.413. The summed E-state index contributed by atoms with van der Waals surface area (Å²) >= 11 is 0. The van der Waals surface area contributed by atoms with Crippen molar-refractivity contribution < 1.29 is 9.63 Å². The lowest BCUT2D eigenvalue weighted by atomic mass is 10.8. The molecule has 0 heterocycles. The van der Waals surface area contributed by atoms with Crippen molar-refractivity contribution in [3.05, 3.63) is 4.91 Å². The van der Waals surface area contributed by atoms with Crippen LogP contribution in [0.3, 0.4) is 0 Å². The van der Waals surface area contributed by atoms with E-state index in [0.29, 0.717) is 5.17 Å². The molecule has 0 unspecified atom stereocenters. The molecule has 0 amide bonds. The zero-order chi connectivity index (χ0) is 7.28. The van der Waals surface area contributed by atoms with Gasteiger partial charge in [0.05, 0.1) is 11.8 Å². The molecular weight excluding hydrogens is 124 g/mol. The second-order valence-electron chi connectivity index (χ2n) is 1.33. The first-order valence-corrected chi connectivity index (χ1v) is 2.50. The van der Waals surface area contributed by atoms with Gasteiger partial charge in [0.1, 0.15) is 0 Å². The number of carbonyl (C=O) groups is 1. The highest BCUT2D eigenvalue weighted by Crippen LogP contribution is 1.88. The van der Waals surface area contributed by atoms with Crippen LogP contribution in [0.2, 0.25) is 0 Å². The maximum absolute atomic E-state index is 10.1. The Morgan fingerprint density at radius 2 is 2.33 bits per heavy atom. The molecule has 5 nitrogen and oxygen atoms in total. The molecule has 0 aliphatic carbocycles. The van der Waals surface area contributed by atoms with E-state index < -0.39 is 5.97 Å². The summed E-state index contributed by atoms with van der Waals surface area (Å²) in [5.74, 6) is -0.545. The van der Waals surface area contributed by atoms with Crippen LogP contribution < -0.4 is 0 Å². The molecule has 0 N–H and O–H groups in total. The van der Waals surface area contributed by atoms with Gasteiger partial charge in [0.15, 0.2) is 0 Å². The number of rotatable bonds is 3. The summed E-state index contributed by atoms with van der Waals surface area (Å²) in [4.78, 5) is 24.0. The van der Waals surface area contributed by atoms with E-state index in [1.54, 1.807) is 6.92 Å². The van der Waals surface area contributed by atoms with Crippen LogP contribution in [0.4, 0.5) is 0 Å². The van der Waals surface area contributed by atoms with Crippen LogP contribution in [0.25, 0.3) is 0 Å². The number of hydrogen-bond donors (Lipinski definition) is 0. The highest BCUT2D eigenvalue weighted by Gasteiger charge is 2.01. The van der Waals surface area contributed by atoms with Crippen LogP contribution in [-0.4, -0.2) is 17.7 Å². The lowest BCUT2D eigenvalue weighted by Gasteiger charge is -2.08. The first-order chi connectivity index (χ1) is 4.20. The van der Waals surface area contributed by atoms with E-state index in [-0.39, 0.29) is 6.54 Å². The minimum atomic E-state index is -0.545. The van der Waals surface area contributed by atoms with Crippen molar-refractivity contribution in [3.8, 4) is 0 Å². The fourth-order valence-corrected chi connectivity index (χ4v) is 0.287. The van der Waals surface area contributed by atoms with Gasteiger partial charge in [-0.25, -0.2) is 4.79 Å². The average molecular weight is 132 g/mol. The fraction of sp³-hybridized carbons (Fsp3) is 0.750. The Bertz CT molecular complexity index is 114. The molecule has 52 valence electrons. The Morgan fingerprint density at radius 1 is 1.78 bits per heavy atom. The number of hydrogen-bond acceptors (Lipinski definition) is 4. The molecule has 0 aromatic carbocycles. The van der Waals surface area contributed by atoms with E-state index in [4.69, 9.17) is 0 Å². The van der Waals surface area contributed by atoms with E-state index in [2.05, 4.69) is 10.1 Å². The van der Waals surface area contributed by atoms with Crippen LogP contribution in [0.15, 0.2) is 5.29 Å². The van der Waals surface area contributed by atoms with Crippen molar-refractivity contribution in [2.24, 2.45) is 5.29 Å². The molecule has 0 saturated carbocycles. The molecule has 0 fully saturated rings. The maximum atomic E-state index is 10.1. The number of carbonyl (C=O) groups excluding carboxylic acids is 1. The molecule has 0 rings (SSSR count). The summed E-state index contributed by atoms with van der Waals surface area (Å²) in [6, 6.07) is 0. The monoisotopic (exact) mass is 132 g/mol. The molecule has 0 atom stereocenters. The van der Waals surface area contributed by atoms with Crippen LogP contribution in [0.1, 0.15) is 13.8 Å². The summed E-state index contributed by atoms with van der Waals surface area (Å²) in [6.07, 6.45) is 0. The van der Waals surface area contributed by atoms with E-state index in [9.17, 15) is 9.70 Å². The van der Waals surface area contributed by atoms with Crippen LogP contribution >= 0.6 is 0 Å². The minimum absolute atomic E-state index is 0.267. The molecule has 0 aliphatic heterocycles. The van der Waals surface area contributed by atoms with E-state index in [1.165, 1.54) is 6.92 Å². The largest absolute Gasteiger partial charge is 0.331 e. The molecule has 0 aromatic heterocycles. The van der Waals surface area contributed by atoms with Gasteiger partial charge >= 0.3 is 5.97 Å². The molecular formula is C4H8N2O3. The Labute approximate surface area is 52.5 Å². The predicted octanol–water partition coefficient (Wildman–Crippen LogP) is 0.468. The Morgan fingerprint density at radius 3 is 2.44 bits per heavy atom. The van der Waals surface area contributed by atoms with Gasteiger partial charge in [-0.2, -0.15) is 0 Å². The minimum Gasteiger partial charge on any atom is -0.322 e. The van der Waals surface area contributed by atoms with Gasteiger partial charge in [-0.05, 0) is 6.92 Å². The highest BCUT2D eigenvalue weighted by atomic mass is 16.8. The smallest absolute Gasteiger partial charge is 0.322 e. The predicted molar refractivity (Wildman–Crippen MR) is 29.9 cm³/mol. The standard InChI is InChI=1S/C4H8N2O3/c1-3-6(5-8)9-4(2)7/h3H2,1-2H3. The molecule has 5 heteroatoms. The van der Waals surface area contributed by atoms with Crippen molar-refractivity contribution in [1.29, 1.82) is 0 Å². The number of hydroxylamine groups is 1. The van der Waals surface area contributed by atoms with Crippen molar-refractivity contribution in [2.45, 2.75) is 13.8 Å². The van der Waals surface area contributed by atoms with Crippen molar-refractivity contribution in [3.63, 3.8) is 0 Å². The second kappa shape index (κ2) is 3.82. The lowest BCUT2D eigenvalue weighted by molar-refractivity contribution is -0.187. The Kier molecular flexibility index (Phi) is 3.34. The van der Waals surface area contributed by atoms with E-state index in [0.717, 1.165) is 0 Å². The molecule has 0 saturated heterocycles. The van der Waals surface area contributed by atoms with Gasteiger partial charge in [-0.15, -0.1) is 4.91 Å². The van der Waals surface area contributed by atoms with Gasteiger partial charge in [-0.1, -0.05) is 5.17 Å². The third-order valence-corrected chi connectivity index (χ3v) is 0.596. The first-order valence-electron chi connectivity index (χ1n) is 2.50. The number of nitrogens with zero attached hydrogens (tertiary/aromatic N) is 2. The van der Waals surface area contributed by atoms with Gasteiger partial charge < -0.3 is 4.84 Å². The van der Waals surface area contributed by atoms with E-state index >= 15 is 0 Å². The molecule has 0 spiro atoms. The fourth-order valence-electron chi connectivity index (χ4n) is 0.287. The SMILES string of the molecule is CCN(N=O)OC(C)=O. The van der Waals surface area contributed by atoms with Crippen molar-refractivity contribution in [2.75, 3.05) is 6.54 Å². The van der Waals surface area contributed by atoms with Crippen molar-refractivity contribution in [1.82, 2.24) is 5.17 Å². The second-order valence-corrected chi connectivity index (χ2v) is 1.33. The maximum Gasteiger partial charge on any atom is 0.331 e. The molecule has 0 aliphatic rings. The average Bonchev–Trinajstić information content (AvgIpc) is 1.82. The summed E-state index contributed by atoms with van der Waals surface area (Å²) < 4.78 is 0. The van der Waals surface area contributed by atoms with Gasteiger partial charge in [0.2, 0.25) is 0 Å². The summed E-state index contributed by atoms with van der Waals surface area (Å²) in [7, 11) is 0. The van der Waals surface area contributed by atoms with Gasteiger partial charge in [0.25, 0.3) is 0 Å². The molecule has 9 heavy (non-hydrogen) atoms.